The van der Waals surface area contributed by atoms with Gasteiger partial charge in [-0.15, -0.1) is 0 Å². The largest absolute Gasteiger partial charge is 0.502 e. The summed E-state index contributed by atoms with van der Waals surface area (Å²) in [7, 11) is 1.58. The number of methoxy groups -OCH3 is 1. The third-order valence-corrected chi connectivity index (χ3v) is 6.73. The molecule has 0 radical (unpaired) electrons. The first kappa shape index (κ1) is 31.5. The van der Waals surface area contributed by atoms with Crippen LogP contribution in [0.4, 0.5) is 4.39 Å². The van der Waals surface area contributed by atoms with Crippen LogP contribution in [0, 0.1) is 22.6 Å². The zero-order valence-electron chi connectivity index (χ0n) is 23.8. The van der Waals surface area contributed by atoms with Crippen molar-refractivity contribution in [1.29, 1.82) is 10.7 Å². The third kappa shape index (κ3) is 9.28. The molecule has 0 atom stereocenters. The molecule has 0 saturated carbocycles. The molecule has 4 rings (SSSR count). The molecule has 214 valence electrons. The number of halogens is 1. The van der Waals surface area contributed by atoms with Crippen LogP contribution in [-0.4, -0.2) is 26.2 Å². The lowest BCUT2D eigenvalue weighted by molar-refractivity contribution is 0.112. The highest BCUT2D eigenvalue weighted by Gasteiger charge is 2.07. The van der Waals surface area contributed by atoms with Gasteiger partial charge < -0.3 is 14.9 Å². The number of unbranched alkanes of at least 4 members (excludes halogenated alkanes) is 3. The minimum absolute atomic E-state index is 0.319. The van der Waals surface area contributed by atoms with Crippen LogP contribution in [0.25, 0.3) is 22.3 Å². The Labute approximate surface area is 247 Å². The van der Waals surface area contributed by atoms with Crippen LogP contribution in [0.2, 0.25) is 0 Å². The van der Waals surface area contributed by atoms with Crippen molar-refractivity contribution >= 4 is 12.5 Å². The van der Waals surface area contributed by atoms with E-state index in [1.54, 1.807) is 55.6 Å². The highest BCUT2D eigenvalue weighted by atomic mass is 19.1. The number of benzene rings is 4. The Morgan fingerprint density at radius 2 is 1.55 bits per heavy atom. The van der Waals surface area contributed by atoms with Gasteiger partial charge in [0.2, 0.25) is 0 Å². The van der Waals surface area contributed by atoms with Gasteiger partial charge in [-0.25, -0.2) is 4.39 Å². The Morgan fingerprint density at radius 1 is 0.881 bits per heavy atom. The zero-order valence-corrected chi connectivity index (χ0v) is 23.8. The fraction of sp³-hybridized carbons (Fsp3) is 0.194. The van der Waals surface area contributed by atoms with E-state index in [1.165, 1.54) is 43.4 Å². The fourth-order valence-corrected chi connectivity index (χ4v) is 4.43. The molecule has 0 spiro atoms. The first-order chi connectivity index (χ1) is 20.5. The van der Waals surface area contributed by atoms with Gasteiger partial charge in [-0.1, -0.05) is 74.0 Å². The Morgan fingerprint density at radius 3 is 2.17 bits per heavy atom. The molecule has 0 unspecified atom stereocenters. The average molecular weight is 563 g/mol. The summed E-state index contributed by atoms with van der Waals surface area (Å²) < 4.78 is 23.9. The summed E-state index contributed by atoms with van der Waals surface area (Å²) in [6.45, 7) is 4.29. The van der Waals surface area contributed by atoms with Crippen LogP contribution in [0.15, 0.2) is 97.8 Å². The lowest BCUT2D eigenvalue weighted by Gasteiger charge is -2.08. The average Bonchev–Trinajstić information content (AvgIpc) is 3.04. The van der Waals surface area contributed by atoms with Crippen molar-refractivity contribution in [2.75, 3.05) is 13.7 Å². The monoisotopic (exact) mass is 562 g/mol. The minimum atomic E-state index is -0.394. The predicted molar refractivity (Wildman–Crippen MR) is 167 cm³/mol. The SMILES string of the molecule is C=COCCCCCCc1ccc(-c2ccc(C=O)cc2C=N)cc1.COc1ccc(-c2ccc(C#N)cc2F)cc1. The second-order valence-electron chi connectivity index (χ2n) is 9.54. The molecular weight excluding hydrogens is 527 g/mol. The van der Waals surface area contributed by atoms with Crippen molar-refractivity contribution in [2.45, 2.75) is 32.1 Å². The zero-order chi connectivity index (χ0) is 30.2. The van der Waals surface area contributed by atoms with Gasteiger partial charge in [-0.05, 0) is 71.8 Å². The summed E-state index contributed by atoms with van der Waals surface area (Å²) >= 11 is 0. The second kappa shape index (κ2) is 16.9. The van der Waals surface area contributed by atoms with Crippen molar-refractivity contribution < 1.29 is 18.7 Å². The normalized spacial score (nSPS) is 10.0. The summed E-state index contributed by atoms with van der Waals surface area (Å²) in [5.41, 5.74) is 6.29. The Hall–Kier alpha value is -5.02. The van der Waals surface area contributed by atoms with Crippen LogP contribution < -0.4 is 4.74 Å². The van der Waals surface area contributed by atoms with Gasteiger partial charge in [0.1, 0.15) is 17.9 Å². The number of aldehydes is 1. The third-order valence-electron chi connectivity index (χ3n) is 6.73. The molecular formula is C36H35FN2O3. The molecule has 0 bridgehead atoms. The van der Waals surface area contributed by atoms with E-state index >= 15 is 0 Å². The summed E-state index contributed by atoms with van der Waals surface area (Å²) in [6, 6.07) is 27.4. The first-order valence-electron chi connectivity index (χ1n) is 13.8. The first-order valence-corrected chi connectivity index (χ1v) is 13.8. The second-order valence-corrected chi connectivity index (χ2v) is 9.54. The number of carbonyl (C=O) groups excluding carboxylic acids is 1. The topological polar surface area (TPSA) is 83.2 Å². The van der Waals surface area contributed by atoms with E-state index in [-0.39, 0.29) is 0 Å². The molecule has 0 saturated heterocycles. The van der Waals surface area contributed by atoms with E-state index in [2.05, 4.69) is 30.8 Å². The number of hydrogen-bond acceptors (Lipinski definition) is 5. The summed E-state index contributed by atoms with van der Waals surface area (Å²) in [6.07, 6.45) is 9.31. The van der Waals surface area contributed by atoms with E-state index in [4.69, 9.17) is 20.1 Å². The van der Waals surface area contributed by atoms with E-state index in [0.717, 1.165) is 53.7 Å². The van der Waals surface area contributed by atoms with E-state index in [9.17, 15) is 9.18 Å². The standard InChI is InChI=1S/C22H25NO2.C14H10FNO/c1-2-25-14-6-4-3-5-7-18-8-11-20(12-9-18)22-13-10-19(17-24)15-21(22)16-23;1-17-12-5-3-11(4-6-12)13-7-2-10(9-16)8-14(13)15/h2,8-13,15-17,23H,1,3-7,14H2;2-8H,1H3. The molecule has 42 heavy (non-hydrogen) atoms. The summed E-state index contributed by atoms with van der Waals surface area (Å²) in [4.78, 5) is 10.9. The van der Waals surface area contributed by atoms with Gasteiger partial charge in [0.25, 0.3) is 0 Å². The molecule has 0 fully saturated rings. The molecule has 4 aromatic carbocycles. The Bertz CT molecular complexity index is 1510. The number of carbonyl (C=O) groups is 1. The van der Waals surface area contributed by atoms with E-state index < -0.39 is 5.82 Å². The summed E-state index contributed by atoms with van der Waals surface area (Å²) in [5, 5.41) is 16.2. The van der Waals surface area contributed by atoms with Crippen molar-refractivity contribution in [1.82, 2.24) is 0 Å². The smallest absolute Gasteiger partial charge is 0.150 e. The maximum Gasteiger partial charge on any atom is 0.150 e. The van der Waals surface area contributed by atoms with Crippen LogP contribution in [0.3, 0.4) is 0 Å². The van der Waals surface area contributed by atoms with Gasteiger partial charge in [-0.2, -0.15) is 5.26 Å². The predicted octanol–water partition coefficient (Wildman–Crippen LogP) is 8.80. The number of nitrogens with zero attached hydrogens (tertiary/aromatic N) is 1. The lowest BCUT2D eigenvalue weighted by Crippen LogP contribution is -1.92. The molecule has 0 amide bonds. The molecule has 1 N–H and O–H groups in total. The van der Waals surface area contributed by atoms with Gasteiger partial charge in [0, 0.05) is 22.9 Å². The molecule has 4 aromatic rings. The molecule has 0 aromatic heterocycles. The van der Waals surface area contributed by atoms with Gasteiger partial charge in [0.05, 0.1) is 31.6 Å². The maximum atomic E-state index is 13.7. The van der Waals surface area contributed by atoms with Crippen LogP contribution in [-0.2, 0) is 11.2 Å². The molecule has 6 heteroatoms. The van der Waals surface area contributed by atoms with Crippen LogP contribution in [0.5, 0.6) is 5.75 Å². The van der Waals surface area contributed by atoms with Gasteiger partial charge >= 0.3 is 0 Å². The highest BCUT2D eigenvalue weighted by molar-refractivity contribution is 5.91. The number of nitriles is 1. The number of hydrogen-bond donors (Lipinski definition) is 1. The molecule has 0 aliphatic carbocycles. The number of aryl methyl sites for hydroxylation is 1. The summed E-state index contributed by atoms with van der Waals surface area (Å²) in [5.74, 6) is 0.331. The molecule has 0 aliphatic heterocycles. The molecule has 0 heterocycles. The molecule has 0 aliphatic rings. The van der Waals surface area contributed by atoms with Crippen LogP contribution in [0.1, 0.15) is 52.7 Å². The Kier molecular flexibility index (Phi) is 12.7. The van der Waals surface area contributed by atoms with Crippen molar-refractivity contribution in [2.24, 2.45) is 0 Å². The minimum Gasteiger partial charge on any atom is -0.502 e. The van der Waals surface area contributed by atoms with Gasteiger partial charge in [0.15, 0.2) is 0 Å². The highest BCUT2D eigenvalue weighted by Crippen LogP contribution is 2.26. The van der Waals surface area contributed by atoms with E-state index in [0.29, 0.717) is 16.7 Å². The van der Waals surface area contributed by atoms with Crippen molar-refractivity contribution in [3.8, 4) is 34.1 Å². The quantitative estimate of drug-likeness (QED) is 0.0764. The molecule has 5 nitrogen and oxygen atoms in total. The Balaban J connectivity index is 0.000000247. The van der Waals surface area contributed by atoms with E-state index in [1.807, 2.05) is 12.1 Å². The lowest BCUT2D eigenvalue weighted by atomic mass is 9.96. The van der Waals surface area contributed by atoms with Gasteiger partial charge in [-0.3, -0.25) is 4.79 Å². The van der Waals surface area contributed by atoms with Crippen LogP contribution >= 0.6 is 0 Å². The van der Waals surface area contributed by atoms with Crippen molar-refractivity contribution in [3.63, 3.8) is 0 Å². The number of ether oxygens (including phenoxy) is 2. The van der Waals surface area contributed by atoms with Crippen molar-refractivity contribution in [3.05, 3.63) is 126 Å². The number of nitrogens with one attached hydrogen (secondary N) is 1. The number of rotatable bonds is 13. The maximum absolute atomic E-state index is 13.7. The fourth-order valence-electron chi connectivity index (χ4n) is 4.43.